The summed E-state index contributed by atoms with van der Waals surface area (Å²) in [7, 11) is 0. The number of hydrogen-bond acceptors (Lipinski definition) is 5. The third-order valence-electron chi connectivity index (χ3n) is 6.02. The van der Waals surface area contributed by atoms with Gasteiger partial charge in [0.2, 0.25) is 11.1 Å². The maximum absolute atomic E-state index is 13.5. The van der Waals surface area contributed by atoms with E-state index in [4.69, 9.17) is 10.1 Å². The first-order valence-corrected chi connectivity index (χ1v) is 12.7. The lowest BCUT2D eigenvalue weighted by atomic mass is 9.94. The fourth-order valence-corrected chi connectivity index (χ4v) is 4.96. The van der Waals surface area contributed by atoms with Gasteiger partial charge in [0.05, 0.1) is 5.57 Å². The third kappa shape index (κ3) is 5.00. The maximum Gasteiger partial charge on any atom is 0.255 e. The van der Waals surface area contributed by atoms with Gasteiger partial charge in [-0.3, -0.25) is 4.79 Å². The summed E-state index contributed by atoms with van der Waals surface area (Å²) in [4.78, 5) is 18.3. The van der Waals surface area contributed by atoms with Gasteiger partial charge in [-0.2, -0.15) is 4.98 Å². The molecule has 0 fully saturated rings. The van der Waals surface area contributed by atoms with Gasteiger partial charge in [0.15, 0.2) is 0 Å². The summed E-state index contributed by atoms with van der Waals surface area (Å²) in [5.74, 6) is 1.25. The predicted molar refractivity (Wildman–Crippen MR) is 141 cm³/mol. The van der Waals surface area contributed by atoms with Crippen LogP contribution in [0.25, 0.3) is 0 Å². The van der Waals surface area contributed by atoms with Gasteiger partial charge in [-0.05, 0) is 42.2 Å². The monoisotopic (exact) mass is 481 g/mol. The minimum absolute atomic E-state index is 0.162. The zero-order valence-electron chi connectivity index (χ0n) is 19.7. The van der Waals surface area contributed by atoms with Crippen molar-refractivity contribution >= 4 is 29.3 Å². The van der Waals surface area contributed by atoms with Crippen LogP contribution in [0.2, 0.25) is 0 Å². The van der Waals surface area contributed by atoms with Crippen molar-refractivity contribution in [2.24, 2.45) is 0 Å². The quantitative estimate of drug-likeness (QED) is 0.314. The fraction of sp³-hybridized carbons (Fsp3) is 0.179. The Kier molecular flexibility index (Phi) is 6.68. The van der Waals surface area contributed by atoms with E-state index in [-0.39, 0.29) is 11.9 Å². The molecule has 4 aromatic rings. The molecule has 1 atom stereocenters. The normalized spacial score (nSPS) is 14.9. The molecule has 176 valence electrons. The van der Waals surface area contributed by atoms with Gasteiger partial charge >= 0.3 is 0 Å². The van der Waals surface area contributed by atoms with Crippen LogP contribution in [-0.4, -0.2) is 20.7 Å². The van der Waals surface area contributed by atoms with Gasteiger partial charge in [-0.1, -0.05) is 91.5 Å². The Balaban J connectivity index is 1.50. The smallest absolute Gasteiger partial charge is 0.255 e. The highest BCUT2D eigenvalue weighted by atomic mass is 32.2. The summed E-state index contributed by atoms with van der Waals surface area (Å²) in [6, 6.07) is 27.8. The van der Waals surface area contributed by atoms with Crippen LogP contribution in [-0.2, 0) is 17.0 Å². The first kappa shape index (κ1) is 22.9. The highest BCUT2D eigenvalue weighted by Crippen LogP contribution is 2.37. The molecule has 2 heterocycles. The van der Waals surface area contributed by atoms with Crippen LogP contribution in [0.3, 0.4) is 0 Å². The molecule has 2 N–H and O–H groups in total. The van der Waals surface area contributed by atoms with E-state index in [0.29, 0.717) is 16.7 Å². The van der Waals surface area contributed by atoms with E-state index in [2.05, 4.69) is 54.0 Å². The molecule has 1 aliphatic heterocycles. The molecule has 0 bridgehead atoms. The number of thioether (sulfide) groups is 1. The largest absolute Gasteiger partial charge is 0.328 e. The standard InChI is InChI=1S/C28H27N5OS/c1-3-20-14-16-22(17-15-20)25-24(26(34)30-23-12-8-5-9-13-23)19(2)29-27-31-28(32-33(25)27)35-18-21-10-6-4-7-11-21/h4-17,25H,3,18H2,1-2H3,(H,30,34)(H,29,31,32). The van der Waals surface area contributed by atoms with Crippen LogP contribution < -0.4 is 10.6 Å². The zero-order chi connectivity index (χ0) is 24.2. The van der Waals surface area contributed by atoms with Crippen molar-refractivity contribution in [2.75, 3.05) is 10.6 Å². The highest BCUT2D eigenvalue weighted by molar-refractivity contribution is 7.98. The molecule has 5 rings (SSSR count). The molecule has 1 unspecified atom stereocenters. The Morgan fingerprint density at radius 2 is 1.66 bits per heavy atom. The number of amides is 1. The minimum atomic E-state index is -0.389. The second-order valence-corrected chi connectivity index (χ2v) is 9.36. The average Bonchev–Trinajstić information content (AvgIpc) is 3.30. The Bertz CT molecular complexity index is 1350. The Labute approximate surface area is 209 Å². The number of nitrogens with zero attached hydrogens (tertiary/aromatic N) is 3. The number of aromatic nitrogens is 3. The van der Waals surface area contributed by atoms with E-state index in [9.17, 15) is 4.79 Å². The Morgan fingerprint density at radius 3 is 2.34 bits per heavy atom. The number of carbonyl (C=O) groups is 1. The highest BCUT2D eigenvalue weighted by Gasteiger charge is 2.34. The lowest BCUT2D eigenvalue weighted by Crippen LogP contribution is -2.31. The van der Waals surface area contributed by atoms with E-state index in [1.165, 1.54) is 11.1 Å². The van der Waals surface area contributed by atoms with Gasteiger partial charge in [-0.25, -0.2) is 4.68 Å². The lowest BCUT2D eigenvalue weighted by molar-refractivity contribution is -0.113. The second kappa shape index (κ2) is 10.2. The number of allylic oxidation sites excluding steroid dienone is 1. The molecule has 0 saturated carbocycles. The van der Waals surface area contributed by atoms with E-state index in [1.807, 2.05) is 60.1 Å². The summed E-state index contributed by atoms with van der Waals surface area (Å²) in [5, 5.41) is 11.9. The molecule has 1 amide bonds. The van der Waals surface area contributed by atoms with E-state index >= 15 is 0 Å². The average molecular weight is 482 g/mol. The van der Waals surface area contributed by atoms with Crippen molar-refractivity contribution in [2.45, 2.75) is 37.2 Å². The number of carbonyl (C=O) groups excluding carboxylic acids is 1. The van der Waals surface area contributed by atoms with Gasteiger partial charge in [0.25, 0.3) is 5.91 Å². The molecule has 35 heavy (non-hydrogen) atoms. The Morgan fingerprint density at radius 1 is 0.971 bits per heavy atom. The zero-order valence-corrected chi connectivity index (χ0v) is 20.5. The summed E-state index contributed by atoms with van der Waals surface area (Å²) in [6.07, 6.45) is 0.956. The molecule has 6 nitrogen and oxygen atoms in total. The first-order chi connectivity index (χ1) is 17.1. The van der Waals surface area contributed by atoms with E-state index in [0.717, 1.165) is 29.1 Å². The summed E-state index contributed by atoms with van der Waals surface area (Å²) in [6.45, 7) is 4.05. The second-order valence-electron chi connectivity index (χ2n) is 8.42. The van der Waals surface area contributed by atoms with Crippen LogP contribution in [0.4, 0.5) is 11.6 Å². The molecule has 3 aromatic carbocycles. The lowest BCUT2D eigenvalue weighted by Gasteiger charge is -2.28. The molecule has 0 spiro atoms. The van der Waals surface area contributed by atoms with Gasteiger partial charge < -0.3 is 10.6 Å². The molecular formula is C28H27N5OS. The van der Waals surface area contributed by atoms with Crippen molar-refractivity contribution in [1.82, 2.24) is 14.8 Å². The van der Waals surface area contributed by atoms with E-state index in [1.54, 1.807) is 11.8 Å². The molecular weight excluding hydrogens is 454 g/mol. The number of aryl methyl sites for hydroxylation is 1. The molecule has 0 saturated heterocycles. The molecule has 1 aliphatic rings. The molecule has 0 aliphatic carbocycles. The number of benzene rings is 3. The SMILES string of the molecule is CCc1ccc(C2C(C(=O)Nc3ccccc3)=C(C)Nc3nc(SCc4ccccc4)nn32)cc1. The number of para-hydroxylation sites is 1. The molecule has 0 radical (unpaired) electrons. The topological polar surface area (TPSA) is 71.8 Å². The fourth-order valence-electron chi connectivity index (χ4n) is 4.17. The third-order valence-corrected chi connectivity index (χ3v) is 6.93. The maximum atomic E-state index is 13.5. The van der Waals surface area contributed by atoms with E-state index < -0.39 is 0 Å². The first-order valence-electron chi connectivity index (χ1n) is 11.7. The van der Waals surface area contributed by atoms with Crippen molar-refractivity contribution in [3.63, 3.8) is 0 Å². The predicted octanol–water partition coefficient (Wildman–Crippen LogP) is 6.06. The van der Waals surface area contributed by atoms with Crippen LogP contribution in [0.15, 0.2) is 101 Å². The van der Waals surface area contributed by atoms with Crippen molar-refractivity contribution in [3.05, 3.63) is 113 Å². The Hall–Kier alpha value is -3.84. The van der Waals surface area contributed by atoms with Crippen LogP contribution in [0, 0.1) is 0 Å². The van der Waals surface area contributed by atoms with Gasteiger partial charge in [0.1, 0.15) is 6.04 Å². The van der Waals surface area contributed by atoms with Crippen LogP contribution in [0.5, 0.6) is 0 Å². The number of fused-ring (bicyclic) bond motifs is 1. The molecule has 1 aromatic heterocycles. The molecule has 7 heteroatoms. The van der Waals surface area contributed by atoms with Crippen LogP contribution >= 0.6 is 11.8 Å². The van der Waals surface area contributed by atoms with Crippen molar-refractivity contribution in [3.8, 4) is 0 Å². The number of rotatable bonds is 7. The van der Waals surface area contributed by atoms with Gasteiger partial charge in [-0.15, -0.1) is 5.10 Å². The number of nitrogens with one attached hydrogen (secondary N) is 2. The van der Waals surface area contributed by atoms with Crippen molar-refractivity contribution in [1.29, 1.82) is 0 Å². The van der Waals surface area contributed by atoms with Crippen molar-refractivity contribution < 1.29 is 4.79 Å². The number of anilines is 2. The summed E-state index contributed by atoms with van der Waals surface area (Å²) < 4.78 is 1.83. The summed E-state index contributed by atoms with van der Waals surface area (Å²) >= 11 is 1.58. The summed E-state index contributed by atoms with van der Waals surface area (Å²) in [5.41, 5.74) is 5.59. The number of hydrogen-bond donors (Lipinski definition) is 2. The van der Waals surface area contributed by atoms with Crippen LogP contribution in [0.1, 0.15) is 36.6 Å². The minimum Gasteiger partial charge on any atom is -0.328 e. The van der Waals surface area contributed by atoms with Gasteiger partial charge in [0, 0.05) is 17.1 Å².